The van der Waals surface area contributed by atoms with E-state index in [4.69, 9.17) is 5.11 Å². The van der Waals surface area contributed by atoms with Crippen LogP contribution in [-0.4, -0.2) is 11.1 Å². The van der Waals surface area contributed by atoms with Crippen LogP contribution in [0.4, 0.5) is 0 Å². The van der Waals surface area contributed by atoms with Gasteiger partial charge in [0.2, 0.25) is 0 Å². The van der Waals surface area contributed by atoms with Crippen molar-refractivity contribution in [3.05, 3.63) is 24.3 Å². The summed E-state index contributed by atoms with van der Waals surface area (Å²) >= 11 is 0. The van der Waals surface area contributed by atoms with Gasteiger partial charge in [-0.05, 0) is 12.8 Å². The largest absolute Gasteiger partial charge is 0.480 e. The van der Waals surface area contributed by atoms with Gasteiger partial charge in [0.05, 0.1) is 0 Å². The molecule has 0 aromatic rings. The Balaban J connectivity index is 2.74. The highest BCUT2D eigenvalue weighted by Gasteiger charge is 2.32. The Labute approximate surface area is 79.0 Å². The number of aliphatic carboxylic acids is 1. The minimum absolute atomic E-state index is 0.714. The van der Waals surface area contributed by atoms with Crippen molar-refractivity contribution < 1.29 is 9.90 Å². The molecule has 0 heterocycles. The van der Waals surface area contributed by atoms with E-state index in [-0.39, 0.29) is 0 Å². The van der Waals surface area contributed by atoms with E-state index in [1.165, 1.54) is 0 Å². The normalized spacial score (nSPS) is 18.8. The van der Waals surface area contributed by atoms with Gasteiger partial charge in [-0.2, -0.15) is 0 Å². The van der Waals surface area contributed by atoms with E-state index < -0.39 is 11.4 Å². The van der Waals surface area contributed by atoms with Crippen LogP contribution in [0.2, 0.25) is 0 Å². The minimum Gasteiger partial charge on any atom is -0.480 e. The standard InChI is InChI=1S/C11H16O2/c1-2-3-7-11(10(12)13)8-5-4-6-9-11/h5-6,8-9H,2-4,7H2,1H3,(H,12,13). The van der Waals surface area contributed by atoms with Gasteiger partial charge in [0.25, 0.3) is 0 Å². The lowest BCUT2D eigenvalue weighted by Crippen LogP contribution is -2.27. The molecule has 0 saturated heterocycles. The van der Waals surface area contributed by atoms with Crippen LogP contribution in [0.15, 0.2) is 24.3 Å². The number of carboxylic acids is 1. The zero-order valence-electron chi connectivity index (χ0n) is 7.99. The smallest absolute Gasteiger partial charge is 0.317 e. The van der Waals surface area contributed by atoms with Gasteiger partial charge in [-0.3, -0.25) is 4.79 Å². The molecule has 0 spiro atoms. The predicted molar refractivity (Wildman–Crippen MR) is 52.5 cm³/mol. The molecule has 0 amide bonds. The van der Waals surface area contributed by atoms with E-state index in [0.717, 1.165) is 19.3 Å². The lowest BCUT2D eigenvalue weighted by Gasteiger charge is -2.23. The molecule has 2 nitrogen and oxygen atoms in total. The van der Waals surface area contributed by atoms with Crippen LogP contribution in [0.25, 0.3) is 0 Å². The summed E-state index contributed by atoms with van der Waals surface area (Å²) in [4.78, 5) is 11.1. The summed E-state index contributed by atoms with van der Waals surface area (Å²) < 4.78 is 0. The molecule has 0 aromatic heterocycles. The first-order valence-corrected chi connectivity index (χ1v) is 4.80. The zero-order chi connectivity index (χ0) is 9.73. The summed E-state index contributed by atoms with van der Waals surface area (Å²) in [6, 6.07) is 0. The summed E-state index contributed by atoms with van der Waals surface area (Å²) in [6.45, 7) is 2.08. The Bertz CT molecular complexity index is 226. The highest BCUT2D eigenvalue weighted by molar-refractivity contribution is 5.79. The molecule has 0 bridgehead atoms. The fourth-order valence-corrected chi connectivity index (χ4v) is 1.58. The van der Waals surface area contributed by atoms with E-state index in [0.29, 0.717) is 6.42 Å². The van der Waals surface area contributed by atoms with Crippen LogP contribution >= 0.6 is 0 Å². The average Bonchev–Trinajstić information content (AvgIpc) is 2.16. The number of carboxylic acid groups (broad SMARTS) is 1. The third kappa shape index (κ3) is 2.20. The Hall–Kier alpha value is -1.05. The van der Waals surface area contributed by atoms with Crippen LogP contribution in [0.5, 0.6) is 0 Å². The Morgan fingerprint density at radius 3 is 2.54 bits per heavy atom. The molecule has 2 heteroatoms. The van der Waals surface area contributed by atoms with Crippen molar-refractivity contribution in [3.63, 3.8) is 0 Å². The summed E-state index contributed by atoms with van der Waals surface area (Å²) in [7, 11) is 0. The molecule has 0 aromatic carbocycles. The first kappa shape index (κ1) is 10.0. The number of rotatable bonds is 4. The fraction of sp³-hybridized carbons (Fsp3) is 0.545. The molecule has 1 rings (SSSR count). The summed E-state index contributed by atoms with van der Waals surface area (Å²) in [5.74, 6) is -0.729. The Morgan fingerprint density at radius 1 is 1.46 bits per heavy atom. The summed E-state index contributed by atoms with van der Waals surface area (Å²) in [5.41, 5.74) is -0.714. The highest BCUT2D eigenvalue weighted by Crippen LogP contribution is 2.31. The van der Waals surface area contributed by atoms with Gasteiger partial charge in [0, 0.05) is 0 Å². The van der Waals surface area contributed by atoms with Crippen molar-refractivity contribution in [2.45, 2.75) is 32.6 Å². The van der Waals surface area contributed by atoms with Crippen molar-refractivity contribution in [2.75, 3.05) is 0 Å². The molecule has 0 radical (unpaired) electrons. The molecule has 72 valence electrons. The quantitative estimate of drug-likeness (QED) is 0.675. The first-order valence-electron chi connectivity index (χ1n) is 4.80. The topological polar surface area (TPSA) is 37.3 Å². The van der Waals surface area contributed by atoms with Crippen molar-refractivity contribution in [1.29, 1.82) is 0 Å². The summed E-state index contributed by atoms with van der Waals surface area (Å²) in [5, 5.41) is 9.11. The second-order valence-electron chi connectivity index (χ2n) is 3.49. The molecule has 1 aliphatic carbocycles. The Morgan fingerprint density at radius 2 is 2.08 bits per heavy atom. The van der Waals surface area contributed by atoms with Gasteiger partial charge >= 0.3 is 5.97 Å². The Kier molecular flexibility index (Phi) is 3.29. The number of unbranched alkanes of at least 4 members (excludes halogenated alkanes) is 1. The van der Waals surface area contributed by atoms with E-state index in [2.05, 4.69) is 6.92 Å². The van der Waals surface area contributed by atoms with E-state index in [1.54, 1.807) is 0 Å². The molecule has 0 aliphatic heterocycles. The average molecular weight is 180 g/mol. The number of carbonyl (C=O) groups is 1. The van der Waals surface area contributed by atoms with Gasteiger partial charge < -0.3 is 5.11 Å². The maximum absolute atomic E-state index is 11.1. The molecule has 13 heavy (non-hydrogen) atoms. The van der Waals surface area contributed by atoms with Crippen LogP contribution < -0.4 is 0 Å². The number of hydrogen-bond acceptors (Lipinski definition) is 1. The minimum atomic E-state index is -0.729. The van der Waals surface area contributed by atoms with Gasteiger partial charge in [0.15, 0.2) is 0 Å². The predicted octanol–water partition coefficient (Wildman–Crippen LogP) is 2.76. The molecule has 1 aliphatic rings. The lowest BCUT2D eigenvalue weighted by atomic mass is 9.80. The zero-order valence-corrected chi connectivity index (χ0v) is 7.99. The maximum atomic E-state index is 11.1. The lowest BCUT2D eigenvalue weighted by molar-refractivity contribution is -0.144. The second-order valence-corrected chi connectivity index (χ2v) is 3.49. The second kappa shape index (κ2) is 4.26. The van der Waals surface area contributed by atoms with E-state index >= 15 is 0 Å². The third-order valence-corrected chi connectivity index (χ3v) is 2.44. The number of hydrogen-bond donors (Lipinski definition) is 1. The van der Waals surface area contributed by atoms with Crippen molar-refractivity contribution >= 4 is 5.97 Å². The molecule has 0 saturated carbocycles. The van der Waals surface area contributed by atoms with Crippen molar-refractivity contribution in [1.82, 2.24) is 0 Å². The fourth-order valence-electron chi connectivity index (χ4n) is 1.58. The molecule has 0 atom stereocenters. The van der Waals surface area contributed by atoms with Crippen LogP contribution in [0.3, 0.4) is 0 Å². The van der Waals surface area contributed by atoms with Gasteiger partial charge in [0.1, 0.15) is 5.41 Å². The van der Waals surface area contributed by atoms with Gasteiger partial charge in [-0.15, -0.1) is 0 Å². The van der Waals surface area contributed by atoms with Gasteiger partial charge in [-0.25, -0.2) is 0 Å². The maximum Gasteiger partial charge on any atom is 0.317 e. The highest BCUT2D eigenvalue weighted by atomic mass is 16.4. The SMILES string of the molecule is CCCCC1(C(=O)O)C=CCC=C1. The molecular weight excluding hydrogens is 164 g/mol. The molecule has 0 unspecified atom stereocenters. The van der Waals surface area contributed by atoms with Crippen LogP contribution in [-0.2, 0) is 4.79 Å². The van der Waals surface area contributed by atoms with Crippen molar-refractivity contribution in [2.24, 2.45) is 5.41 Å². The van der Waals surface area contributed by atoms with E-state index in [9.17, 15) is 4.79 Å². The van der Waals surface area contributed by atoms with Gasteiger partial charge in [-0.1, -0.05) is 44.1 Å². The van der Waals surface area contributed by atoms with Crippen LogP contribution in [0, 0.1) is 5.41 Å². The number of allylic oxidation sites excluding steroid dienone is 2. The first-order chi connectivity index (χ1) is 6.21. The molecule has 0 fully saturated rings. The molecule has 1 N–H and O–H groups in total. The van der Waals surface area contributed by atoms with Crippen LogP contribution in [0.1, 0.15) is 32.6 Å². The van der Waals surface area contributed by atoms with Crippen molar-refractivity contribution in [3.8, 4) is 0 Å². The monoisotopic (exact) mass is 180 g/mol. The molecular formula is C11H16O2. The summed E-state index contributed by atoms with van der Waals surface area (Å²) in [6.07, 6.45) is 11.1. The van der Waals surface area contributed by atoms with E-state index in [1.807, 2.05) is 24.3 Å². The third-order valence-electron chi connectivity index (χ3n) is 2.44.